The lowest BCUT2D eigenvalue weighted by Gasteiger charge is -2.27. The average Bonchev–Trinajstić information content (AvgIpc) is 2.88. The van der Waals surface area contributed by atoms with E-state index < -0.39 is 5.92 Å². The van der Waals surface area contributed by atoms with Crippen LogP contribution in [0.3, 0.4) is 0 Å². The van der Waals surface area contributed by atoms with Gasteiger partial charge in [-0.2, -0.15) is 5.26 Å². The first-order chi connectivity index (χ1) is 12.0. The van der Waals surface area contributed by atoms with Crippen LogP contribution in [0.5, 0.6) is 5.75 Å². The molecule has 0 N–H and O–H groups in total. The van der Waals surface area contributed by atoms with E-state index in [0.29, 0.717) is 11.3 Å². The summed E-state index contributed by atoms with van der Waals surface area (Å²) in [4.78, 5) is 12.7. The van der Waals surface area contributed by atoms with Crippen LogP contribution in [0.1, 0.15) is 75.3 Å². The minimum Gasteiger partial charge on any atom is -0.425 e. The van der Waals surface area contributed by atoms with Crippen molar-refractivity contribution in [2.45, 2.75) is 58.3 Å². The van der Waals surface area contributed by atoms with Crippen molar-refractivity contribution < 1.29 is 9.53 Å². The Kier molecular flexibility index (Phi) is 4.19. The van der Waals surface area contributed by atoms with Gasteiger partial charge >= 0.3 is 5.97 Å². The van der Waals surface area contributed by atoms with E-state index in [4.69, 9.17) is 10.00 Å². The van der Waals surface area contributed by atoms with E-state index in [9.17, 15) is 4.79 Å². The highest BCUT2D eigenvalue weighted by Crippen LogP contribution is 2.47. The van der Waals surface area contributed by atoms with Crippen LogP contribution < -0.4 is 4.74 Å². The number of nitrogens with zero attached hydrogens (tertiary/aromatic N) is 1. The Bertz CT molecular complexity index is 903. The molecule has 0 saturated carbocycles. The van der Waals surface area contributed by atoms with Gasteiger partial charge < -0.3 is 4.74 Å². The predicted molar refractivity (Wildman–Crippen MR) is 102 cm³/mol. The molecule has 1 atom stereocenters. The van der Waals surface area contributed by atoms with Gasteiger partial charge in [-0.25, -0.2) is 0 Å². The number of fused-ring (bicyclic) bond motifs is 1. The van der Waals surface area contributed by atoms with Crippen molar-refractivity contribution in [1.82, 2.24) is 0 Å². The molecular formula is C23H25NO2. The minimum absolute atomic E-state index is 0.0319. The second kappa shape index (κ2) is 5.99. The van der Waals surface area contributed by atoms with E-state index in [2.05, 4.69) is 59.7 Å². The van der Waals surface area contributed by atoms with Crippen molar-refractivity contribution in [2.24, 2.45) is 0 Å². The standard InChI is InChI=1S/C23H25NO2/c1-22(2,3)16-11-17-19(15-9-7-14(13-24)8-10-15)21(25)26-20(17)18(12-16)23(4,5)6/h7-12,19H,1-6H3. The van der Waals surface area contributed by atoms with Gasteiger partial charge in [-0.15, -0.1) is 0 Å². The molecule has 2 aromatic rings. The largest absolute Gasteiger partial charge is 0.425 e. The summed E-state index contributed by atoms with van der Waals surface area (Å²) in [6.07, 6.45) is 0. The molecule has 1 heterocycles. The molecule has 1 aliphatic heterocycles. The molecule has 0 radical (unpaired) electrons. The van der Waals surface area contributed by atoms with Gasteiger partial charge in [0.15, 0.2) is 0 Å². The summed E-state index contributed by atoms with van der Waals surface area (Å²) in [5.74, 6) is 0.00673. The van der Waals surface area contributed by atoms with Crippen LogP contribution in [0.25, 0.3) is 0 Å². The Hall–Kier alpha value is -2.60. The molecule has 0 bridgehead atoms. The van der Waals surface area contributed by atoms with Crippen molar-refractivity contribution in [2.75, 3.05) is 0 Å². The first-order valence-electron chi connectivity index (χ1n) is 8.93. The molecule has 3 nitrogen and oxygen atoms in total. The van der Waals surface area contributed by atoms with Crippen LogP contribution in [0, 0.1) is 11.3 Å². The highest BCUT2D eigenvalue weighted by molar-refractivity contribution is 5.90. The van der Waals surface area contributed by atoms with E-state index in [-0.39, 0.29) is 16.8 Å². The molecule has 2 aromatic carbocycles. The maximum atomic E-state index is 12.7. The fraction of sp³-hybridized carbons (Fsp3) is 0.391. The van der Waals surface area contributed by atoms with Gasteiger partial charge in [0.25, 0.3) is 0 Å². The fourth-order valence-electron chi connectivity index (χ4n) is 3.32. The maximum absolute atomic E-state index is 12.7. The third-order valence-corrected chi connectivity index (χ3v) is 4.91. The van der Waals surface area contributed by atoms with E-state index in [1.807, 2.05) is 12.1 Å². The molecule has 0 saturated heterocycles. The fourth-order valence-corrected chi connectivity index (χ4v) is 3.32. The lowest BCUT2D eigenvalue weighted by atomic mass is 9.77. The van der Waals surface area contributed by atoms with Crippen molar-refractivity contribution >= 4 is 5.97 Å². The van der Waals surface area contributed by atoms with Crippen molar-refractivity contribution in [3.05, 3.63) is 64.2 Å². The molecule has 0 aromatic heterocycles. The molecule has 3 rings (SSSR count). The lowest BCUT2D eigenvalue weighted by molar-refractivity contribution is -0.133. The summed E-state index contributed by atoms with van der Waals surface area (Å²) in [6.45, 7) is 12.9. The van der Waals surface area contributed by atoms with Gasteiger partial charge in [0.05, 0.1) is 11.6 Å². The Balaban J connectivity index is 2.23. The third-order valence-electron chi connectivity index (χ3n) is 4.91. The predicted octanol–water partition coefficient (Wildman–Crippen LogP) is 5.20. The molecular weight excluding hydrogens is 322 g/mol. The molecule has 0 aliphatic carbocycles. The number of nitriles is 1. The number of rotatable bonds is 1. The van der Waals surface area contributed by atoms with Crippen molar-refractivity contribution in [3.8, 4) is 11.8 Å². The second-order valence-corrected chi connectivity index (χ2v) is 9.03. The smallest absolute Gasteiger partial charge is 0.323 e. The van der Waals surface area contributed by atoms with E-state index in [0.717, 1.165) is 16.7 Å². The Labute approximate surface area is 155 Å². The molecule has 0 fully saturated rings. The summed E-state index contributed by atoms with van der Waals surface area (Å²) in [5.41, 5.74) is 4.46. The SMILES string of the molecule is CC(C)(C)c1cc2c(c(C(C)(C)C)c1)OC(=O)C2c1ccc(C#N)cc1. The molecule has 134 valence electrons. The molecule has 1 unspecified atom stereocenters. The van der Waals surface area contributed by atoms with Crippen LogP contribution in [0.4, 0.5) is 0 Å². The first kappa shape index (κ1) is 18.2. The van der Waals surface area contributed by atoms with Crippen LogP contribution in [-0.2, 0) is 15.6 Å². The van der Waals surface area contributed by atoms with Gasteiger partial charge in [0, 0.05) is 11.1 Å². The summed E-state index contributed by atoms with van der Waals surface area (Å²) < 4.78 is 5.75. The van der Waals surface area contributed by atoms with Gasteiger partial charge in [-0.05, 0) is 34.1 Å². The lowest BCUT2D eigenvalue weighted by Crippen LogP contribution is -2.17. The first-order valence-corrected chi connectivity index (χ1v) is 8.93. The molecule has 3 heteroatoms. The number of hydrogen-bond donors (Lipinski definition) is 0. The van der Waals surface area contributed by atoms with Crippen molar-refractivity contribution in [3.63, 3.8) is 0 Å². The number of hydrogen-bond acceptors (Lipinski definition) is 3. The summed E-state index contributed by atoms with van der Waals surface area (Å²) in [5, 5.41) is 9.01. The number of carbonyl (C=O) groups is 1. The zero-order valence-electron chi connectivity index (χ0n) is 16.3. The van der Waals surface area contributed by atoms with Crippen molar-refractivity contribution in [1.29, 1.82) is 5.26 Å². The quantitative estimate of drug-likeness (QED) is 0.526. The summed E-state index contributed by atoms with van der Waals surface area (Å²) in [7, 11) is 0. The zero-order valence-corrected chi connectivity index (χ0v) is 16.3. The Morgan fingerprint density at radius 2 is 1.58 bits per heavy atom. The zero-order chi connectivity index (χ0) is 19.3. The number of ether oxygens (including phenoxy) is 1. The number of benzene rings is 2. The van der Waals surface area contributed by atoms with Gasteiger partial charge in [-0.1, -0.05) is 65.8 Å². The monoisotopic (exact) mass is 347 g/mol. The molecule has 1 aliphatic rings. The summed E-state index contributed by atoms with van der Waals surface area (Å²) >= 11 is 0. The van der Waals surface area contributed by atoms with Crippen LogP contribution in [0.2, 0.25) is 0 Å². The van der Waals surface area contributed by atoms with Crippen LogP contribution in [0.15, 0.2) is 36.4 Å². The highest BCUT2D eigenvalue weighted by atomic mass is 16.5. The molecule has 0 amide bonds. The van der Waals surface area contributed by atoms with E-state index >= 15 is 0 Å². The Morgan fingerprint density at radius 1 is 0.962 bits per heavy atom. The molecule has 26 heavy (non-hydrogen) atoms. The second-order valence-electron chi connectivity index (χ2n) is 9.03. The van der Waals surface area contributed by atoms with Gasteiger partial charge in [0.2, 0.25) is 0 Å². The topological polar surface area (TPSA) is 50.1 Å². The number of esters is 1. The van der Waals surface area contributed by atoms with Crippen LogP contribution >= 0.6 is 0 Å². The maximum Gasteiger partial charge on any atom is 0.323 e. The van der Waals surface area contributed by atoms with E-state index in [1.165, 1.54) is 5.56 Å². The minimum atomic E-state index is -0.443. The summed E-state index contributed by atoms with van der Waals surface area (Å²) in [6, 6.07) is 13.6. The third kappa shape index (κ3) is 3.12. The Morgan fingerprint density at radius 3 is 2.08 bits per heavy atom. The van der Waals surface area contributed by atoms with Crippen LogP contribution in [-0.4, -0.2) is 5.97 Å². The molecule has 0 spiro atoms. The van der Waals surface area contributed by atoms with Gasteiger partial charge in [0.1, 0.15) is 11.7 Å². The normalized spacial score (nSPS) is 16.8. The number of carbonyl (C=O) groups excluding carboxylic acids is 1. The highest BCUT2D eigenvalue weighted by Gasteiger charge is 2.39. The van der Waals surface area contributed by atoms with Gasteiger partial charge in [-0.3, -0.25) is 4.79 Å². The average molecular weight is 347 g/mol. The van der Waals surface area contributed by atoms with E-state index in [1.54, 1.807) is 12.1 Å².